The third kappa shape index (κ3) is 1.17. The lowest BCUT2D eigenvalue weighted by Crippen LogP contribution is -2.40. The summed E-state index contributed by atoms with van der Waals surface area (Å²) in [5, 5.41) is 9.65. The van der Waals surface area contributed by atoms with Gasteiger partial charge in [-0.3, -0.25) is 0 Å². The monoisotopic (exact) mass is 170 g/mol. The van der Waals surface area contributed by atoms with E-state index in [4.69, 9.17) is 4.74 Å². The summed E-state index contributed by atoms with van der Waals surface area (Å²) in [5.41, 5.74) is 0. The third-order valence-corrected chi connectivity index (χ3v) is 3.70. The smallest absolute Gasteiger partial charge is 0.157 e. The molecule has 0 radical (unpaired) electrons. The summed E-state index contributed by atoms with van der Waals surface area (Å²) < 4.78 is 5.33. The molecule has 2 aliphatic rings. The van der Waals surface area contributed by atoms with Crippen molar-refractivity contribution in [3.05, 3.63) is 0 Å². The molecule has 0 bridgehead atoms. The Kier molecular flexibility index (Phi) is 2.13. The molecule has 1 N–H and O–H groups in total. The van der Waals surface area contributed by atoms with Crippen molar-refractivity contribution in [2.45, 2.75) is 33.0 Å². The molecule has 2 nitrogen and oxygen atoms in total. The zero-order valence-electron chi connectivity index (χ0n) is 7.86. The maximum absolute atomic E-state index is 9.65. The van der Waals surface area contributed by atoms with Gasteiger partial charge in [0.25, 0.3) is 0 Å². The van der Waals surface area contributed by atoms with Crippen molar-refractivity contribution >= 4 is 0 Å². The Bertz CT molecular complexity index is 169. The molecule has 2 rings (SSSR count). The van der Waals surface area contributed by atoms with Crippen molar-refractivity contribution < 1.29 is 9.84 Å². The van der Waals surface area contributed by atoms with Crippen LogP contribution in [0.1, 0.15) is 26.7 Å². The van der Waals surface area contributed by atoms with E-state index in [9.17, 15) is 5.11 Å². The predicted octanol–water partition coefficient (Wildman–Crippen LogP) is 1.63. The highest BCUT2D eigenvalue weighted by atomic mass is 16.6. The van der Waals surface area contributed by atoms with Crippen LogP contribution < -0.4 is 0 Å². The van der Waals surface area contributed by atoms with Gasteiger partial charge in [-0.05, 0) is 30.6 Å². The molecule has 1 aliphatic heterocycles. The van der Waals surface area contributed by atoms with Crippen LogP contribution in [0, 0.1) is 23.7 Å². The first kappa shape index (κ1) is 8.52. The molecule has 0 amide bonds. The van der Waals surface area contributed by atoms with E-state index in [0.717, 1.165) is 6.61 Å². The first-order valence-corrected chi connectivity index (χ1v) is 5.00. The van der Waals surface area contributed by atoms with Gasteiger partial charge < -0.3 is 9.84 Å². The number of aliphatic hydroxyl groups excluding tert-OH is 1. The molecule has 1 aliphatic carbocycles. The topological polar surface area (TPSA) is 29.5 Å². The van der Waals surface area contributed by atoms with Gasteiger partial charge in [0.2, 0.25) is 0 Å². The van der Waals surface area contributed by atoms with Crippen LogP contribution in [-0.2, 0) is 4.74 Å². The fourth-order valence-electron chi connectivity index (χ4n) is 2.90. The summed E-state index contributed by atoms with van der Waals surface area (Å²) in [5.74, 6) is 2.41. The molecule has 70 valence electrons. The van der Waals surface area contributed by atoms with Gasteiger partial charge in [-0.2, -0.15) is 0 Å². The van der Waals surface area contributed by atoms with E-state index in [1.165, 1.54) is 12.8 Å². The maximum Gasteiger partial charge on any atom is 0.157 e. The van der Waals surface area contributed by atoms with E-state index in [1.54, 1.807) is 0 Å². The molecule has 1 unspecified atom stereocenters. The molecule has 1 saturated heterocycles. The van der Waals surface area contributed by atoms with Crippen LogP contribution in [0.25, 0.3) is 0 Å². The Morgan fingerprint density at radius 3 is 2.58 bits per heavy atom. The van der Waals surface area contributed by atoms with Gasteiger partial charge in [-0.1, -0.05) is 13.8 Å². The second-order valence-electron chi connectivity index (χ2n) is 4.50. The summed E-state index contributed by atoms with van der Waals surface area (Å²) >= 11 is 0. The van der Waals surface area contributed by atoms with E-state index in [2.05, 4.69) is 13.8 Å². The molecule has 12 heavy (non-hydrogen) atoms. The highest BCUT2D eigenvalue weighted by molar-refractivity contribution is 4.89. The van der Waals surface area contributed by atoms with Crippen molar-refractivity contribution in [3.63, 3.8) is 0 Å². The minimum atomic E-state index is -0.483. The van der Waals surface area contributed by atoms with E-state index in [0.29, 0.717) is 23.7 Å². The first-order valence-electron chi connectivity index (χ1n) is 5.00. The summed E-state index contributed by atoms with van der Waals surface area (Å²) in [6, 6.07) is 0. The molecule has 1 heterocycles. The molecule has 2 fully saturated rings. The van der Waals surface area contributed by atoms with E-state index in [-0.39, 0.29) is 0 Å². The standard InChI is InChI=1S/C10H18O2/c1-6-3-4-8-7(2)5-12-10(11)9(6)8/h6-11H,3-5H2,1-2H3/t6-,7?,8+,9+,10+/m0/s1. The fourth-order valence-corrected chi connectivity index (χ4v) is 2.90. The summed E-state index contributed by atoms with van der Waals surface area (Å²) in [7, 11) is 0. The number of hydrogen-bond acceptors (Lipinski definition) is 2. The second-order valence-corrected chi connectivity index (χ2v) is 4.50. The molecule has 5 atom stereocenters. The average molecular weight is 170 g/mol. The van der Waals surface area contributed by atoms with Crippen molar-refractivity contribution in [2.75, 3.05) is 6.61 Å². The van der Waals surface area contributed by atoms with Crippen molar-refractivity contribution in [1.82, 2.24) is 0 Å². The minimum absolute atomic E-state index is 0.411. The average Bonchev–Trinajstić information content (AvgIpc) is 2.42. The molecule has 2 heteroatoms. The van der Waals surface area contributed by atoms with Gasteiger partial charge in [-0.25, -0.2) is 0 Å². The number of fused-ring (bicyclic) bond motifs is 1. The number of aliphatic hydroxyl groups is 1. The van der Waals surface area contributed by atoms with Gasteiger partial charge in [0, 0.05) is 5.92 Å². The van der Waals surface area contributed by atoms with Crippen LogP contribution in [0.5, 0.6) is 0 Å². The quantitative estimate of drug-likeness (QED) is 0.598. The van der Waals surface area contributed by atoms with E-state index >= 15 is 0 Å². The van der Waals surface area contributed by atoms with Crippen LogP contribution in [0.15, 0.2) is 0 Å². The summed E-state index contributed by atoms with van der Waals surface area (Å²) in [4.78, 5) is 0. The van der Waals surface area contributed by atoms with Crippen LogP contribution in [0.3, 0.4) is 0 Å². The highest BCUT2D eigenvalue weighted by Crippen LogP contribution is 2.45. The molecule has 0 aromatic heterocycles. The molecular formula is C10H18O2. The first-order chi connectivity index (χ1) is 5.70. The Labute approximate surface area is 73.9 Å². The Balaban J connectivity index is 2.13. The zero-order chi connectivity index (χ0) is 8.72. The highest BCUT2D eigenvalue weighted by Gasteiger charge is 2.44. The van der Waals surface area contributed by atoms with Crippen LogP contribution >= 0.6 is 0 Å². The summed E-state index contributed by atoms with van der Waals surface area (Å²) in [6.07, 6.45) is 2.07. The molecular weight excluding hydrogens is 152 g/mol. The third-order valence-electron chi connectivity index (χ3n) is 3.70. The minimum Gasteiger partial charge on any atom is -0.368 e. The SMILES string of the molecule is CC1CO[C@@H](O)[C@H]2[C@@H]1CC[C@@H]2C. The Morgan fingerprint density at radius 2 is 1.92 bits per heavy atom. The number of ether oxygens (including phenoxy) is 1. The van der Waals surface area contributed by atoms with Crippen molar-refractivity contribution in [3.8, 4) is 0 Å². The fraction of sp³-hybridized carbons (Fsp3) is 1.00. The molecule has 0 aromatic carbocycles. The van der Waals surface area contributed by atoms with Crippen LogP contribution in [0.4, 0.5) is 0 Å². The van der Waals surface area contributed by atoms with Gasteiger partial charge in [-0.15, -0.1) is 0 Å². The lowest BCUT2D eigenvalue weighted by atomic mass is 9.80. The van der Waals surface area contributed by atoms with Gasteiger partial charge in [0.15, 0.2) is 6.29 Å². The van der Waals surface area contributed by atoms with E-state index < -0.39 is 6.29 Å². The van der Waals surface area contributed by atoms with Gasteiger partial charge >= 0.3 is 0 Å². The number of hydrogen-bond donors (Lipinski definition) is 1. The Morgan fingerprint density at radius 1 is 1.17 bits per heavy atom. The zero-order valence-corrected chi connectivity index (χ0v) is 7.86. The van der Waals surface area contributed by atoms with Crippen molar-refractivity contribution in [2.24, 2.45) is 23.7 Å². The van der Waals surface area contributed by atoms with Crippen LogP contribution in [-0.4, -0.2) is 18.0 Å². The number of rotatable bonds is 0. The van der Waals surface area contributed by atoms with Crippen molar-refractivity contribution in [1.29, 1.82) is 0 Å². The van der Waals surface area contributed by atoms with Crippen LogP contribution in [0.2, 0.25) is 0 Å². The lowest BCUT2D eigenvalue weighted by molar-refractivity contribution is -0.195. The molecule has 0 spiro atoms. The molecule has 0 aromatic rings. The van der Waals surface area contributed by atoms with Gasteiger partial charge in [0.1, 0.15) is 0 Å². The second kappa shape index (κ2) is 3.00. The normalized spacial score (nSPS) is 53.8. The molecule has 1 saturated carbocycles. The van der Waals surface area contributed by atoms with E-state index in [1.807, 2.05) is 0 Å². The predicted molar refractivity (Wildman–Crippen MR) is 46.5 cm³/mol. The Hall–Kier alpha value is -0.0800. The maximum atomic E-state index is 9.65. The van der Waals surface area contributed by atoms with Gasteiger partial charge in [0.05, 0.1) is 6.61 Å². The summed E-state index contributed by atoms with van der Waals surface area (Å²) in [6.45, 7) is 5.21. The lowest BCUT2D eigenvalue weighted by Gasteiger charge is -2.37. The largest absolute Gasteiger partial charge is 0.368 e.